The Kier molecular flexibility index (Phi) is 4.25. The summed E-state index contributed by atoms with van der Waals surface area (Å²) in [7, 11) is -3.59. The van der Waals surface area contributed by atoms with Crippen LogP contribution >= 0.6 is 0 Å². The minimum atomic E-state index is -3.59. The summed E-state index contributed by atoms with van der Waals surface area (Å²) in [6.07, 6.45) is 3.62. The van der Waals surface area contributed by atoms with Crippen molar-refractivity contribution in [3.63, 3.8) is 0 Å². The molecule has 1 aliphatic heterocycles. The summed E-state index contributed by atoms with van der Waals surface area (Å²) in [6.45, 7) is 1.37. The lowest BCUT2D eigenvalue weighted by Gasteiger charge is -2.34. The molecule has 1 aliphatic rings. The molecule has 26 heavy (non-hydrogen) atoms. The van der Waals surface area contributed by atoms with Crippen LogP contribution in [0.1, 0.15) is 5.69 Å². The van der Waals surface area contributed by atoms with Crippen molar-refractivity contribution in [2.45, 2.75) is 11.3 Å². The number of piperazine rings is 1. The van der Waals surface area contributed by atoms with Gasteiger partial charge in [0.15, 0.2) is 0 Å². The van der Waals surface area contributed by atoms with Crippen LogP contribution in [0.2, 0.25) is 0 Å². The number of sulfonamides is 1. The van der Waals surface area contributed by atoms with Gasteiger partial charge in [-0.15, -0.1) is 0 Å². The molecule has 0 unspecified atom stereocenters. The Balaban J connectivity index is 1.44. The maximum absolute atomic E-state index is 12.9. The first kappa shape index (κ1) is 16.8. The van der Waals surface area contributed by atoms with Crippen LogP contribution in [-0.2, 0) is 21.2 Å². The predicted molar refractivity (Wildman–Crippen MR) is 95.9 cm³/mol. The third-order valence-electron chi connectivity index (χ3n) is 4.62. The highest BCUT2D eigenvalue weighted by atomic mass is 32.2. The second-order valence-corrected chi connectivity index (χ2v) is 8.18. The third-order valence-corrected chi connectivity index (χ3v) is 6.52. The molecule has 0 spiro atoms. The fourth-order valence-electron chi connectivity index (χ4n) is 3.15. The first-order valence-corrected chi connectivity index (χ1v) is 9.81. The van der Waals surface area contributed by atoms with Crippen molar-refractivity contribution in [1.82, 2.24) is 24.2 Å². The number of rotatable bonds is 4. The van der Waals surface area contributed by atoms with Gasteiger partial charge >= 0.3 is 0 Å². The SMILES string of the molecule is O=C(Cc1ccc[nH]1)N1CCN(S(=O)(=O)c2ccc3nc[nH]c3c2)CC1. The van der Waals surface area contributed by atoms with Gasteiger partial charge in [0.2, 0.25) is 15.9 Å². The van der Waals surface area contributed by atoms with E-state index in [1.165, 1.54) is 10.6 Å². The molecule has 136 valence electrons. The van der Waals surface area contributed by atoms with Crippen molar-refractivity contribution in [1.29, 1.82) is 0 Å². The summed E-state index contributed by atoms with van der Waals surface area (Å²) in [5.74, 6) is 0.00313. The summed E-state index contributed by atoms with van der Waals surface area (Å²) in [6, 6.07) is 8.57. The Hall–Kier alpha value is -2.65. The van der Waals surface area contributed by atoms with Crippen LogP contribution in [0.3, 0.4) is 0 Å². The molecule has 0 radical (unpaired) electrons. The van der Waals surface area contributed by atoms with E-state index in [0.717, 1.165) is 11.2 Å². The highest BCUT2D eigenvalue weighted by Gasteiger charge is 2.30. The number of hydrogen-bond acceptors (Lipinski definition) is 4. The Morgan fingerprint density at radius 1 is 1.12 bits per heavy atom. The molecule has 4 rings (SSSR count). The topological polar surface area (TPSA) is 102 Å². The molecular formula is C17H19N5O3S. The van der Waals surface area contributed by atoms with Crippen LogP contribution in [0.4, 0.5) is 0 Å². The second kappa shape index (κ2) is 6.58. The van der Waals surface area contributed by atoms with E-state index in [1.54, 1.807) is 29.3 Å². The van der Waals surface area contributed by atoms with E-state index >= 15 is 0 Å². The van der Waals surface area contributed by atoms with Gasteiger partial charge in [-0.1, -0.05) is 0 Å². The number of carbonyl (C=O) groups is 1. The lowest BCUT2D eigenvalue weighted by molar-refractivity contribution is -0.131. The molecule has 3 heterocycles. The highest BCUT2D eigenvalue weighted by Crippen LogP contribution is 2.21. The molecule has 8 nitrogen and oxygen atoms in total. The second-order valence-electron chi connectivity index (χ2n) is 6.24. The van der Waals surface area contributed by atoms with Crippen molar-refractivity contribution >= 4 is 27.0 Å². The number of hydrogen-bond donors (Lipinski definition) is 2. The van der Waals surface area contributed by atoms with Gasteiger partial charge < -0.3 is 14.9 Å². The largest absolute Gasteiger partial charge is 0.365 e. The minimum absolute atomic E-state index is 0.00313. The predicted octanol–water partition coefficient (Wildman–Crippen LogP) is 0.967. The Morgan fingerprint density at radius 3 is 2.65 bits per heavy atom. The summed E-state index contributed by atoms with van der Waals surface area (Å²) < 4.78 is 27.2. The molecule has 9 heteroatoms. The molecule has 1 amide bonds. The number of fused-ring (bicyclic) bond motifs is 1. The number of aromatic nitrogens is 3. The van der Waals surface area contributed by atoms with Gasteiger partial charge in [0.05, 0.1) is 28.7 Å². The number of aromatic amines is 2. The molecular weight excluding hydrogens is 354 g/mol. The number of carbonyl (C=O) groups excluding carboxylic acids is 1. The van der Waals surface area contributed by atoms with Crippen molar-refractivity contribution in [2.24, 2.45) is 0 Å². The summed E-state index contributed by atoms with van der Waals surface area (Å²) in [4.78, 5) is 24.3. The minimum Gasteiger partial charge on any atom is -0.365 e. The van der Waals surface area contributed by atoms with Crippen LogP contribution in [0.25, 0.3) is 11.0 Å². The summed E-state index contributed by atoms with van der Waals surface area (Å²) >= 11 is 0. The maximum atomic E-state index is 12.9. The standard InChI is InChI=1S/C17H19N5O3S/c23-17(10-13-2-1-5-18-13)21-6-8-22(9-7-21)26(24,25)14-3-4-15-16(11-14)20-12-19-15/h1-5,11-12,18H,6-10H2,(H,19,20). The van der Waals surface area contributed by atoms with Crippen molar-refractivity contribution < 1.29 is 13.2 Å². The highest BCUT2D eigenvalue weighted by molar-refractivity contribution is 7.89. The third kappa shape index (κ3) is 3.11. The lowest BCUT2D eigenvalue weighted by atomic mass is 10.2. The number of amides is 1. The average molecular weight is 373 g/mol. The molecule has 0 bridgehead atoms. The van der Waals surface area contributed by atoms with E-state index in [0.29, 0.717) is 38.1 Å². The molecule has 0 atom stereocenters. The van der Waals surface area contributed by atoms with Crippen molar-refractivity contribution in [3.8, 4) is 0 Å². The van der Waals surface area contributed by atoms with E-state index < -0.39 is 10.0 Å². The Bertz CT molecular complexity index is 1020. The number of nitrogens with one attached hydrogen (secondary N) is 2. The lowest BCUT2D eigenvalue weighted by Crippen LogP contribution is -2.50. The van der Waals surface area contributed by atoms with Crippen molar-refractivity contribution in [3.05, 3.63) is 48.5 Å². The zero-order valence-electron chi connectivity index (χ0n) is 14.1. The normalized spacial score (nSPS) is 16.2. The molecule has 1 fully saturated rings. The number of benzene rings is 1. The molecule has 2 N–H and O–H groups in total. The van der Waals surface area contributed by atoms with E-state index in [-0.39, 0.29) is 10.8 Å². The van der Waals surface area contributed by atoms with Crippen molar-refractivity contribution in [2.75, 3.05) is 26.2 Å². The maximum Gasteiger partial charge on any atom is 0.243 e. The fourth-order valence-corrected chi connectivity index (χ4v) is 4.60. The molecule has 1 aromatic carbocycles. The number of H-pyrrole nitrogens is 2. The van der Waals surface area contributed by atoms with Crippen LogP contribution in [0.5, 0.6) is 0 Å². The van der Waals surface area contributed by atoms with Gasteiger partial charge in [-0.3, -0.25) is 4.79 Å². The van der Waals surface area contributed by atoms with Gasteiger partial charge in [-0.25, -0.2) is 13.4 Å². The first-order valence-electron chi connectivity index (χ1n) is 8.37. The van der Waals surface area contributed by atoms with Crippen LogP contribution in [0, 0.1) is 0 Å². The first-order chi connectivity index (χ1) is 12.5. The quantitative estimate of drug-likeness (QED) is 0.711. The fraction of sp³-hybridized carbons (Fsp3) is 0.294. The van der Waals surface area contributed by atoms with E-state index in [9.17, 15) is 13.2 Å². The van der Waals surface area contributed by atoms with Crippen LogP contribution in [-0.4, -0.2) is 64.7 Å². The number of nitrogens with zero attached hydrogens (tertiary/aromatic N) is 3. The zero-order chi connectivity index (χ0) is 18.1. The molecule has 0 saturated carbocycles. The van der Waals surface area contributed by atoms with Gasteiger partial charge in [-0.05, 0) is 30.3 Å². The van der Waals surface area contributed by atoms with Gasteiger partial charge in [0, 0.05) is 38.1 Å². The average Bonchev–Trinajstić information content (AvgIpc) is 3.32. The molecule has 2 aromatic heterocycles. The van der Waals surface area contributed by atoms with Gasteiger partial charge in [-0.2, -0.15) is 4.31 Å². The van der Waals surface area contributed by atoms with Crippen LogP contribution < -0.4 is 0 Å². The van der Waals surface area contributed by atoms with E-state index in [1.807, 2.05) is 12.1 Å². The van der Waals surface area contributed by atoms with Gasteiger partial charge in [0.1, 0.15) is 0 Å². The molecule has 0 aliphatic carbocycles. The van der Waals surface area contributed by atoms with E-state index in [2.05, 4.69) is 15.0 Å². The Labute approximate surface area is 150 Å². The zero-order valence-corrected chi connectivity index (χ0v) is 14.9. The summed E-state index contributed by atoms with van der Waals surface area (Å²) in [5.41, 5.74) is 2.27. The molecule has 3 aromatic rings. The number of imidazole rings is 1. The van der Waals surface area contributed by atoms with Gasteiger partial charge in [0.25, 0.3) is 0 Å². The van der Waals surface area contributed by atoms with E-state index in [4.69, 9.17) is 0 Å². The molecule has 1 saturated heterocycles. The Morgan fingerprint density at radius 2 is 1.92 bits per heavy atom. The smallest absolute Gasteiger partial charge is 0.243 e. The van der Waals surface area contributed by atoms with Crippen LogP contribution in [0.15, 0.2) is 47.8 Å². The summed E-state index contributed by atoms with van der Waals surface area (Å²) in [5, 5.41) is 0. The monoisotopic (exact) mass is 373 g/mol.